The molecular weight excluding hydrogens is 383 g/mol. The van der Waals surface area contributed by atoms with Gasteiger partial charge >= 0.3 is 0 Å². The first-order valence-electron chi connectivity index (χ1n) is 8.19. The first-order chi connectivity index (χ1) is 13.5. The van der Waals surface area contributed by atoms with Crippen LogP contribution in [-0.2, 0) is 4.79 Å². The number of aromatic nitrogens is 3. The van der Waals surface area contributed by atoms with Crippen LogP contribution in [0.25, 0.3) is 0 Å². The maximum absolute atomic E-state index is 13.5. The molecular formula is C18H17FN6O2S. The molecule has 0 bridgehead atoms. The van der Waals surface area contributed by atoms with Gasteiger partial charge in [0, 0.05) is 11.3 Å². The highest BCUT2D eigenvalue weighted by Gasteiger charge is 2.09. The first kappa shape index (κ1) is 19.4. The van der Waals surface area contributed by atoms with Crippen LogP contribution in [0.5, 0.6) is 5.75 Å². The number of phenolic OH excluding ortho intramolecular Hbond substituents is 1. The van der Waals surface area contributed by atoms with Gasteiger partial charge in [0.2, 0.25) is 17.0 Å². The van der Waals surface area contributed by atoms with E-state index in [1.165, 1.54) is 12.3 Å². The summed E-state index contributed by atoms with van der Waals surface area (Å²) in [5, 5.41) is 23.2. The molecule has 0 spiro atoms. The number of anilines is 2. The van der Waals surface area contributed by atoms with Crippen LogP contribution in [0.15, 0.2) is 52.7 Å². The van der Waals surface area contributed by atoms with E-state index in [-0.39, 0.29) is 29.2 Å². The summed E-state index contributed by atoms with van der Waals surface area (Å²) in [6.45, 7) is 1.65. The van der Waals surface area contributed by atoms with Gasteiger partial charge in [0.25, 0.3) is 0 Å². The van der Waals surface area contributed by atoms with Crippen LogP contribution in [0.2, 0.25) is 0 Å². The molecule has 1 aromatic heterocycles. The van der Waals surface area contributed by atoms with E-state index in [1.54, 1.807) is 43.3 Å². The Morgan fingerprint density at radius 3 is 2.96 bits per heavy atom. The minimum atomic E-state index is -0.375. The van der Waals surface area contributed by atoms with Crippen molar-refractivity contribution in [1.82, 2.24) is 15.2 Å². The summed E-state index contributed by atoms with van der Waals surface area (Å²) >= 11 is 1.12. The summed E-state index contributed by atoms with van der Waals surface area (Å²) in [4.78, 5) is 16.1. The fourth-order valence-electron chi connectivity index (χ4n) is 2.12. The lowest BCUT2D eigenvalue weighted by Gasteiger charge is -2.05. The predicted molar refractivity (Wildman–Crippen MR) is 106 cm³/mol. The summed E-state index contributed by atoms with van der Waals surface area (Å²) in [5.41, 5.74) is 4.11. The summed E-state index contributed by atoms with van der Waals surface area (Å²) in [6, 6.07) is 11.3. The van der Waals surface area contributed by atoms with Crippen molar-refractivity contribution in [2.45, 2.75) is 12.1 Å². The van der Waals surface area contributed by atoms with Crippen molar-refractivity contribution in [3.63, 3.8) is 0 Å². The molecule has 0 aliphatic carbocycles. The molecule has 8 nitrogen and oxygen atoms in total. The van der Waals surface area contributed by atoms with Crippen LogP contribution in [-0.4, -0.2) is 38.2 Å². The number of halogens is 1. The summed E-state index contributed by atoms with van der Waals surface area (Å²) in [7, 11) is 0. The molecule has 0 fully saturated rings. The number of hydrazone groups is 1. The van der Waals surface area contributed by atoms with Crippen LogP contribution in [0.3, 0.4) is 0 Å². The maximum atomic E-state index is 13.5. The highest BCUT2D eigenvalue weighted by Crippen LogP contribution is 2.17. The number of aromatic amines is 1. The molecule has 4 N–H and O–H groups in total. The molecule has 144 valence electrons. The Kier molecular flexibility index (Phi) is 6.22. The molecule has 3 aromatic rings. The zero-order valence-corrected chi connectivity index (χ0v) is 15.6. The molecule has 0 unspecified atom stereocenters. The second kappa shape index (κ2) is 9.00. The second-order valence-electron chi connectivity index (χ2n) is 5.70. The van der Waals surface area contributed by atoms with Crippen LogP contribution >= 0.6 is 11.8 Å². The molecule has 28 heavy (non-hydrogen) atoms. The number of carbonyl (C=O) groups excluding carboxylic acids is 1. The van der Waals surface area contributed by atoms with E-state index < -0.39 is 0 Å². The van der Waals surface area contributed by atoms with E-state index in [0.29, 0.717) is 22.0 Å². The van der Waals surface area contributed by atoms with Crippen LogP contribution < -0.4 is 10.7 Å². The van der Waals surface area contributed by atoms with Crippen LogP contribution in [0.1, 0.15) is 11.1 Å². The molecule has 0 saturated carbocycles. The van der Waals surface area contributed by atoms with Crippen molar-refractivity contribution >= 4 is 35.5 Å². The summed E-state index contributed by atoms with van der Waals surface area (Å²) < 4.78 is 13.5. The predicted octanol–water partition coefficient (Wildman–Crippen LogP) is 3.13. The number of rotatable bonds is 7. The first-order valence-corrected chi connectivity index (χ1v) is 9.18. The van der Waals surface area contributed by atoms with Gasteiger partial charge in [-0.1, -0.05) is 30.0 Å². The molecule has 1 heterocycles. The van der Waals surface area contributed by atoms with Crippen molar-refractivity contribution in [2.24, 2.45) is 5.10 Å². The van der Waals surface area contributed by atoms with Gasteiger partial charge in [-0.15, -0.1) is 5.10 Å². The van der Waals surface area contributed by atoms with Gasteiger partial charge in [0.15, 0.2) is 0 Å². The largest absolute Gasteiger partial charge is 0.507 e. The van der Waals surface area contributed by atoms with Crippen molar-refractivity contribution in [2.75, 3.05) is 16.5 Å². The number of phenols is 1. The molecule has 1 amide bonds. The lowest BCUT2D eigenvalue weighted by Crippen LogP contribution is -2.14. The molecule has 0 radical (unpaired) electrons. The van der Waals surface area contributed by atoms with Crippen LogP contribution in [0.4, 0.5) is 16.0 Å². The Bertz CT molecular complexity index is 1010. The number of thioether (sulfide) groups is 1. The zero-order valence-electron chi connectivity index (χ0n) is 14.8. The molecule has 3 rings (SSSR count). The maximum Gasteiger partial charge on any atom is 0.240 e. The third-order valence-corrected chi connectivity index (χ3v) is 4.41. The smallest absolute Gasteiger partial charge is 0.240 e. The van der Waals surface area contributed by atoms with E-state index in [9.17, 15) is 14.3 Å². The number of H-pyrrole nitrogens is 1. The quantitative estimate of drug-likeness (QED) is 0.275. The number of nitrogens with one attached hydrogen (secondary N) is 3. The monoisotopic (exact) mass is 400 g/mol. The minimum Gasteiger partial charge on any atom is -0.507 e. The Morgan fingerprint density at radius 1 is 1.36 bits per heavy atom. The fraction of sp³-hybridized carbons (Fsp3) is 0.111. The van der Waals surface area contributed by atoms with Gasteiger partial charge in [-0.05, 0) is 36.8 Å². The Morgan fingerprint density at radius 2 is 2.18 bits per heavy atom. The molecule has 0 aliphatic heterocycles. The van der Waals surface area contributed by atoms with Gasteiger partial charge in [-0.3, -0.25) is 4.79 Å². The lowest BCUT2D eigenvalue weighted by molar-refractivity contribution is -0.113. The molecule has 10 heteroatoms. The van der Waals surface area contributed by atoms with Crippen molar-refractivity contribution in [3.8, 4) is 5.75 Å². The minimum absolute atomic E-state index is 0.0634. The second-order valence-corrected chi connectivity index (χ2v) is 6.64. The number of para-hydroxylation sites is 1. The fourth-order valence-corrected chi connectivity index (χ4v) is 2.72. The van der Waals surface area contributed by atoms with Crippen molar-refractivity contribution < 1.29 is 14.3 Å². The van der Waals surface area contributed by atoms with Crippen molar-refractivity contribution in [3.05, 3.63) is 59.4 Å². The van der Waals surface area contributed by atoms with Gasteiger partial charge < -0.3 is 10.4 Å². The number of aryl methyl sites for hydroxylation is 1. The van der Waals surface area contributed by atoms with E-state index in [1.807, 2.05) is 0 Å². The number of benzene rings is 2. The third-order valence-electron chi connectivity index (χ3n) is 3.56. The molecule has 2 aromatic carbocycles. The van der Waals surface area contributed by atoms with Gasteiger partial charge in [-0.25, -0.2) is 14.9 Å². The summed E-state index contributed by atoms with van der Waals surface area (Å²) in [6.07, 6.45) is 1.44. The van der Waals surface area contributed by atoms with E-state index >= 15 is 0 Å². The SMILES string of the molecule is Cc1ccc(NC(=O)CSc2n[nH]c(N/N=C/c3ccccc3O)n2)cc1F. The highest BCUT2D eigenvalue weighted by atomic mass is 32.2. The third kappa shape index (κ3) is 5.30. The average Bonchev–Trinajstić information content (AvgIpc) is 3.12. The van der Waals surface area contributed by atoms with Crippen molar-refractivity contribution in [1.29, 1.82) is 0 Å². The van der Waals surface area contributed by atoms with E-state index in [4.69, 9.17) is 0 Å². The molecule has 0 saturated heterocycles. The van der Waals surface area contributed by atoms with E-state index in [0.717, 1.165) is 11.8 Å². The van der Waals surface area contributed by atoms with E-state index in [2.05, 4.69) is 31.0 Å². The number of aromatic hydroxyl groups is 1. The number of amides is 1. The lowest BCUT2D eigenvalue weighted by atomic mass is 10.2. The Balaban J connectivity index is 1.48. The Hall–Kier alpha value is -3.40. The van der Waals surface area contributed by atoms with Gasteiger partial charge in [-0.2, -0.15) is 10.1 Å². The number of hydrogen-bond donors (Lipinski definition) is 4. The van der Waals surface area contributed by atoms with Gasteiger partial charge in [0.05, 0.1) is 12.0 Å². The molecule has 0 aliphatic rings. The topological polar surface area (TPSA) is 115 Å². The average molecular weight is 400 g/mol. The summed E-state index contributed by atoms with van der Waals surface area (Å²) in [5.74, 6) is -0.213. The number of hydrogen-bond acceptors (Lipinski definition) is 7. The van der Waals surface area contributed by atoms with Gasteiger partial charge in [0.1, 0.15) is 11.6 Å². The standard InChI is InChI=1S/C18H17FN6O2S/c1-11-6-7-13(8-14(11)19)21-16(27)10-28-18-22-17(24-25-18)23-20-9-12-4-2-3-5-15(12)26/h2-9,26H,10H2,1H3,(H,21,27)(H2,22,23,24,25)/b20-9+. The normalized spacial score (nSPS) is 10.9. The molecule has 0 atom stereocenters. The Labute approximate surface area is 164 Å². The highest BCUT2D eigenvalue weighted by molar-refractivity contribution is 7.99. The van der Waals surface area contributed by atoms with Crippen LogP contribution in [0, 0.1) is 12.7 Å². The number of nitrogens with zero attached hydrogens (tertiary/aromatic N) is 3. The zero-order chi connectivity index (χ0) is 19.9. The number of carbonyl (C=O) groups is 1.